The van der Waals surface area contributed by atoms with Crippen LogP contribution < -0.4 is 0 Å². The molecule has 3 rings (SSSR count). The molecule has 0 atom stereocenters. The van der Waals surface area contributed by atoms with E-state index in [1.54, 1.807) is 0 Å². The Morgan fingerprint density at radius 2 is 1.04 bits per heavy atom. The maximum atomic E-state index is 2.39. The molecule has 1 fully saturated rings. The van der Waals surface area contributed by atoms with Crippen LogP contribution in [0.2, 0.25) is 0 Å². The van der Waals surface area contributed by atoms with Crippen molar-refractivity contribution < 1.29 is 0 Å². The predicted molar refractivity (Wildman–Crippen MR) is 103 cm³/mol. The summed E-state index contributed by atoms with van der Waals surface area (Å²) in [5, 5.41) is 0. The molecule has 1 nitrogen and oxygen atoms in total. The van der Waals surface area contributed by atoms with Crippen LogP contribution in [0.4, 0.5) is 0 Å². The van der Waals surface area contributed by atoms with Crippen LogP contribution in [0.3, 0.4) is 0 Å². The molecule has 0 N–H and O–H groups in total. The number of aryl methyl sites for hydroxylation is 2. The van der Waals surface area contributed by atoms with Crippen molar-refractivity contribution in [3.63, 3.8) is 0 Å². The van der Waals surface area contributed by atoms with E-state index in [1.807, 2.05) is 12.1 Å². The van der Waals surface area contributed by atoms with Crippen molar-refractivity contribution in [2.24, 2.45) is 0 Å². The van der Waals surface area contributed by atoms with E-state index in [9.17, 15) is 0 Å². The topological polar surface area (TPSA) is 3.24 Å². The molecule has 23 heavy (non-hydrogen) atoms. The lowest BCUT2D eigenvalue weighted by Gasteiger charge is -2.20. The molecule has 0 unspecified atom stereocenters. The van der Waals surface area contributed by atoms with Gasteiger partial charge in [-0.25, -0.2) is 0 Å². The number of hydrogen-bond acceptors (Lipinski definition) is 1. The molecule has 0 aromatic heterocycles. The third kappa shape index (κ3) is 9.91. The summed E-state index contributed by atoms with van der Waals surface area (Å²) in [7, 11) is 2.19. The molecule has 2 aromatic rings. The van der Waals surface area contributed by atoms with Gasteiger partial charge in [-0.1, -0.05) is 80.9 Å². The van der Waals surface area contributed by atoms with Gasteiger partial charge in [-0.3, -0.25) is 0 Å². The standard InChI is InChI=1S/2C8H10.C6H13N/c2*1-2-8-6-4-3-5-7-8;1-7-5-3-2-4-6-7/h2*3-7H,2H2,1H3;2-6H2,1H3. The van der Waals surface area contributed by atoms with Crippen LogP contribution in [0.15, 0.2) is 60.7 Å². The zero-order valence-corrected chi connectivity index (χ0v) is 15.2. The number of likely N-dealkylation sites (tertiary alicyclic amines) is 1. The van der Waals surface area contributed by atoms with Gasteiger partial charge in [0.25, 0.3) is 0 Å². The smallest absolute Gasteiger partial charge is 0.00218 e. The largest absolute Gasteiger partial charge is 0.306 e. The Morgan fingerprint density at radius 1 is 0.652 bits per heavy atom. The van der Waals surface area contributed by atoms with Gasteiger partial charge >= 0.3 is 0 Å². The van der Waals surface area contributed by atoms with Crippen LogP contribution in [0.25, 0.3) is 0 Å². The Labute approximate surface area is 143 Å². The molecule has 1 aliphatic heterocycles. The van der Waals surface area contributed by atoms with E-state index in [-0.39, 0.29) is 0 Å². The van der Waals surface area contributed by atoms with E-state index in [4.69, 9.17) is 0 Å². The fourth-order valence-electron chi connectivity index (χ4n) is 2.48. The summed E-state index contributed by atoms with van der Waals surface area (Å²) < 4.78 is 0. The van der Waals surface area contributed by atoms with E-state index < -0.39 is 0 Å². The van der Waals surface area contributed by atoms with E-state index >= 15 is 0 Å². The van der Waals surface area contributed by atoms with Gasteiger partial charge < -0.3 is 4.90 Å². The fraction of sp³-hybridized carbons (Fsp3) is 0.455. The van der Waals surface area contributed by atoms with Gasteiger partial charge in [-0.15, -0.1) is 0 Å². The first-order chi connectivity index (χ1) is 11.3. The number of piperidine rings is 1. The Balaban J connectivity index is 0.000000173. The lowest BCUT2D eigenvalue weighted by Crippen LogP contribution is -2.24. The molecule has 2 aromatic carbocycles. The molecule has 0 spiro atoms. The summed E-state index contributed by atoms with van der Waals surface area (Å²) in [5.74, 6) is 0. The number of nitrogens with zero attached hydrogens (tertiary/aromatic N) is 1. The van der Waals surface area contributed by atoms with Crippen molar-refractivity contribution in [1.29, 1.82) is 0 Å². The first-order valence-electron chi connectivity index (χ1n) is 9.02. The molecule has 1 heteroatoms. The first-order valence-corrected chi connectivity index (χ1v) is 9.02. The van der Waals surface area contributed by atoms with Gasteiger partial charge in [0.05, 0.1) is 0 Å². The van der Waals surface area contributed by atoms with E-state index in [1.165, 1.54) is 43.5 Å². The van der Waals surface area contributed by atoms with Crippen LogP contribution in [0.1, 0.15) is 44.2 Å². The van der Waals surface area contributed by atoms with Crippen molar-refractivity contribution >= 4 is 0 Å². The van der Waals surface area contributed by atoms with Gasteiger partial charge in [-0.05, 0) is 56.9 Å². The Hall–Kier alpha value is -1.60. The van der Waals surface area contributed by atoms with Crippen LogP contribution in [-0.4, -0.2) is 25.0 Å². The monoisotopic (exact) mass is 311 g/mol. The highest BCUT2D eigenvalue weighted by Gasteiger charge is 2.02. The highest BCUT2D eigenvalue weighted by Crippen LogP contribution is 2.04. The summed E-state index contributed by atoms with van der Waals surface area (Å²) in [4.78, 5) is 2.39. The lowest BCUT2D eigenvalue weighted by molar-refractivity contribution is 0.277. The second-order valence-corrected chi connectivity index (χ2v) is 6.04. The molecule has 1 aliphatic rings. The van der Waals surface area contributed by atoms with E-state index in [0.717, 1.165) is 12.8 Å². The zero-order valence-electron chi connectivity index (χ0n) is 15.2. The summed E-state index contributed by atoms with van der Waals surface area (Å²) in [5.41, 5.74) is 2.82. The predicted octanol–water partition coefficient (Wildman–Crippen LogP) is 5.60. The molecule has 0 radical (unpaired) electrons. The van der Waals surface area contributed by atoms with Gasteiger partial charge in [-0.2, -0.15) is 0 Å². The van der Waals surface area contributed by atoms with Crippen LogP contribution in [0, 0.1) is 0 Å². The molecule has 0 bridgehead atoms. The van der Waals surface area contributed by atoms with E-state index in [0.29, 0.717) is 0 Å². The number of hydrogen-bond donors (Lipinski definition) is 0. The summed E-state index contributed by atoms with van der Waals surface area (Å²) in [6.45, 7) is 6.96. The summed E-state index contributed by atoms with van der Waals surface area (Å²) >= 11 is 0. The molecular formula is C22H33N. The van der Waals surface area contributed by atoms with Crippen molar-refractivity contribution in [3.05, 3.63) is 71.8 Å². The fourth-order valence-corrected chi connectivity index (χ4v) is 2.48. The van der Waals surface area contributed by atoms with Crippen molar-refractivity contribution in [1.82, 2.24) is 4.90 Å². The maximum absolute atomic E-state index is 2.39. The molecule has 1 saturated heterocycles. The third-order valence-corrected chi connectivity index (χ3v) is 4.08. The molecule has 1 heterocycles. The summed E-state index contributed by atoms with van der Waals surface area (Å²) in [6, 6.07) is 20.9. The highest BCUT2D eigenvalue weighted by atomic mass is 15.1. The SMILES string of the molecule is CCc1ccccc1.CCc1ccccc1.CN1CCCCC1. The average molecular weight is 312 g/mol. The average Bonchev–Trinajstić information content (AvgIpc) is 2.65. The van der Waals surface area contributed by atoms with Gasteiger partial charge in [0.2, 0.25) is 0 Å². The minimum absolute atomic E-state index is 1.14. The minimum Gasteiger partial charge on any atom is -0.306 e. The first kappa shape index (κ1) is 19.4. The third-order valence-electron chi connectivity index (χ3n) is 4.08. The zero-order chi connectivity index (χ0) is 16.8. The Kier molecular flexibility index (Phi) is 10.9. The highest BCUT2D eigenvalue weighted by molar-refractivity contribution is 5.14. The Morgan fingerprint density at radius 3 is 1.26 bits per heavy atom. The van der Waals surface area contributed by atoms with Crippen LogP contribution in [0.5, 0.6) is 0 Å². The molecule has 0 amide bonds. The second kappa shape index (κ2) is 12.9. The Bertz CT molecular complexity index is 432. The van der Waals surface area contributed by atoms with Crippen molar-refractivity contribution in [2.45, 2.75) is 46.0 Å². The quantitative estimate of drug-likeness (QED) is 0.697. The van der Waals surface area contributed by atoms with E-state index in [2.05, 4.69) is 74.3 Å². The van der Waals surface area contributed by atoms with Crippen molar-refractivity contribution in [2.75, 3.05) is 20.1 Å². The molecular weight excluding hydrogens is 278 g/mol. The lowest BCUT2D eigenvalue weighted by atomic mass is 10.1. The van der Waals surface area contributed by atoms with Gasteiger partial charge in [0.1, 0.15) is 0 Å². The van der Waals surface area contributed by atoms with Crippen LogP contribution in [-0.2, 0) is 12.8 Å². The molecule has 0 aliphatic carbocycles. The van der Waals surface area contributed by atoms with Crippen LogP contribution >= 0.6 is 0 Å². The second-order valence-electron chi connectivity index (χ2n) is 6.04. The van der Waals surface area contributed by atoms with Crippen molar-refractivity contribution in [3.8, 4) is 0 Å². The maximum Gasteiger partial charge on any atom is -0.00218 e. The summed E-state index contributed by atoms with van der Waals surface area (Å²) in [6.07, 6.45) is 6.55. The number of benzene rings is 2. The number of rotatable bonds is 2. The minimum atomic E-state index is 1.14. The molecule has 126 valence electrons. The van der Waals surface area contributed by atoms with Gasteiger partial charge in [0, 0.05) is 0 Å². The normalized spacial score (nSPS) is 14.0. The van der Waals surface area contributed by atoms with Gasteiger partial charge in [0.15, 0.2) is 0 Å². The molecule has 0 saturated carbocycles.